The molecule has 104 valence electrons. The van der Waals surface area contributed by atoms with Gasteiger partial charge in [0.2, 0.25) is 0 Å². The summed E-state index contributed by atoms with van der Waals surface area (Å²) in [4.78, 5) is 0. The van der Waals surface area contributed by atoms with E-state index in [1.165, 1.54) is 7.11 Å². The van der Waals surface area contributed by atoms with Crippen LogP contribution in [0.1, 0.15) is 32.3 Å². The maximum atomic E-state index is 14.1. The van der Waals surface area contributed by atoms with Gasteiger partial charge in [0.15, 0.2) is 11.6 Å². The number of halogens is 1. The van der Waals surface area contributed by atoms with Gasteiger partial charge in [0.25, 0.3) is 0 Å². The minimum absolute atomic E-state index is 0.0683. The van der Waals surface area contributed by atoms with Gasteiger partial charge in [0.1, 0.15) is 0 Å². The highest BCUT2D eigenvalue weighted by Gasteiger charge is 2.28. The smallest absolute Gasteiger partial charge is 0.168 e. The van der Waals surface area contributed by atoms with E-state index >= 15 is 0 Å². The van der Waals surface area contributed by atoms with Crippen LogP contribution in [-0.2, 0) is 6.42 Å². The Kier molecular flexibility index (Phi) is 3.95. The van der Waals surface area contributed by atoms with Gasteiger partial charge in [-0.25, -0.2) is 4.39 Å². The van der Waals surface area contributed by atoms with Crippen molar-refractivity contribution in [3.8, 4) is 5.75 Å². The predicted molar refractivity (Wildman–Crippen MR) is 73.8 cm³/mol. The molecule has 0 heterocycles. The molecule has 1 N–H and O–H groups in total. The van der Waals surface area contributed by atoms with Crippen molar-refractivity contribution in [2.75, 3.05) is 7.11 Å². The van der Waals surface area contributed by atoms with E-state index in [-0.39, 0.29) is 17.0 Å². The number of hydrogen-bond donors (Lipinski definition) is 1. The Morgan fingerprint density at radius 3 is 2.79 bits per heavy atom. The third kappa shape index (κ3) is 3.35. The number of allylic oxidation sites excluding steroid dienone is 1. The number of aliphatic hydroxyl groups is 1. The highest BCUT2D eigenvalue weighted by atomic mass is 19.1. The predicted octanol–water partition coefficient (Wildman–Crippen LogP) is 3.48. The lowest BCUT2D eigenvalue weighted by Crippen LogP contribution is -2.25. The van der Waals surface area contributed by atoms with Crippen LogP contribution in [0, 0.1) is 11.2 Å². The van der Waals surface area contributed by atoms with Crippen molar-refractivity contribution in [1.29, 1.82) is 0 Å². The minimum atomic E-state index is -0.424. The Bertz CT molecular complexity index is 492. The molecule has 0 aromatic heterocycles. The molecule has 1 aromatic rings. The van der Waals surface area contributed by atoms with Crippen LogP contribution >= 0.6 is 0 Å². The summed E-state index contributed by atoms with van der Waals surface area (Å²) in [5.41, 5.74) is 1.78. The number of methoxy groups -OCH3 is 1. The summed E-state index contributed by atoms with van der Waals surface area (Å²) in [6.45, 7) is 4.26. The average molecular weight is 264 g/mol. The fourth-order valence-electron chi connectivity index (χ4n) is 2.86. The molecule has 0 amide bonds. The zero-order chi connectivity index (χ0) is 14.0. The molecule has 2 nitrogen and oxygen atoms in total. The van der Waals surface area contributed by atoms with E-state index in [4.69, 9.17) is 4.74 Å². The summed E-state index contributed by atoms with van der Waals surface area (Å²) in [5, 5.41) is 9.87. The third-order valence-electron chi connectivity index (χ3n) is 3.58. The first-order valence-corrected chi connectivity index (χ1v) is 6.60. The summed E-state index contributed by atoms with van der Waals surface area (Å²) in [6.07, 6.45) is 3.62. The van der Waals surface area contributed by atoms with Crippen molar-refractivity contribution in [2.24, 2.45) is 5.41 Å². The van der Waals surface area contributed by atoms with E-state index in [0.717, 1.165) is 18.4 Å². The molecule has 2 rings (SSSR count). The number of rotatable bonds is 3. The summed E-state index contributed by atoms with van der Waals surface area (Å²) in [7, 11) is 1.47. The normalized spacial score (nSPS) is 21.9. The zero-order valence-corrected chi connectivity index (χ0v) is 11.7. The molecule has 0 fully saturated rings. The number of ether oxygens (including phenoxy) is 1. The first-order valence-electron chi connectivity index (χ1n) is 6.60. The van der Waals surface area contributed by atoms with Crippen LogP contribution in [0.3, 0.4) is 0 Å². The molecule has 0 radical (unpaired) electrons. The van der Waals surface area contributed by atoms with Gasteiger partial charge in [-0.05, 0) is 36.3 Å². The van der Waals surface area contributed by atoms with Crippen LogP contribution in [0.5, 0.6) is 5.75 Å². The van der Waals surface area contributed by atoms with Crippen LogP contribution in [0.2, 0.25) is 0 Å². The number of hydrogen-bond acceptors (Lipinski definition) is 2. The highest BCUT2D eigenvalue weighted by molar-refractivity contribution is 5.34. The molecule has 0 saturated heterocycles. The van der Waals surface area contributed by atoms with E-state index in [1.54, 1.807) is 18.2 Å². The molecular formula is C16H21FO2. The molecular weight excluding hydrogens is 243 g/mol. The van der Waals surface area contributed by atoms with Crippen molar-refractivity contribution >= 4 is 0 Å². The molecule has 0 bridgehead atoms. The number of aliphatic hydroxyl groups excluding tert-OH is 1. The quantitative estimate of drug-likeness (QED) is 0.847. The molecule has 0 aliphatic heterocycles. The van der Waals surface area contributed by atoms with Crippen molar-refractivity contribution < 1.29 is 14.2 Å². The second kappa shape index (κ2) is 5.33. The standard InChI is InChI=1S/C16H21FO2/c1-16(2)9-11(8-13(18)10-16)7-12-5-4-6-14(19-3)15(12)17/h4-6,8,13,18H,7,9-10H2,1-3H3. The van der Waals surface area contributed by atoms with E-state index in [1.807, 2.05) is 6.08 Å². The van der Waals surface area contributed by atoms with Crippen LogP contribution in [0.4, 0.5) is 4.39 Å². The van der Waals surface area contributed by atoms with E-state index in [9.17, 15) is 9.50 Å². The lowest BCUT2D eigenvalue weighted by molar-refractivity contribution is 0.138. The maximum absolute atomic E-state index is 14.1. The molecule has 0 spiro atoms. The largest absolute Gasteiger partial charge is 0.494 e. The second-order valence-corrected chi connectivity index (χ2v) is 6.05. The van der Waals surface area contributed by atoms with Gasteiger partial charge in [-0.3, -0.25) is 0 Å². The van der Waals surface area contributed by atoms with Crippen LogP contribution in [0.15, 0.2) is 29.8 Å². The van der Waals surface area contributed by atoms with E-state index < -0.39 is 6.10 Å². The summed E-state index contributed by atoms with van der Waals surface area (Å²) in [6, 6.07) is 5.18. The van der Waals surface area contributed by atoms with Crippen molar-refractivity contribution in [3.05, 3.63) is 41.2 Å². The Morgan fingerprint density at radius 1 is 1.42 bits per heavy atom. The molecule has 1 unspecified atom stereocenters. The maximum Gasteiger partial charge on any atom is 0.168 e. The molecule has 19 heavy (non-hydrogen) atoms. The molecule has 1 atom stereocenters. The van der Waals surface area contributed by atoms with Crippen LogP contribution in [0.25, 0.3) is 0 Å². The SMILES string of the molecule is COc1cccc(CC2=CC(O)CC(C)(C)C2)c1F. The molecule has 1 aliphatic rings. The van der Waals surface area contributed by atoms with Crippen molar-refractivity contribution in [3.63, 3.8) is 0 Å². The van der Waals surface area contributed by atoms with Gasteiger partial charge in [0, 0.05) is 0 Å². The highest BCUT2D eigenvalue weighted by Crippen LogP contribution is 2.37. The fraction of sp³-hybridized carbons (Fsp3) is 0.500. The number of benzene rings is 1. The van der Waals surface area contributed by atoms with Gasteiger partial charge in [-0.15, -0.1) is 0 Å². The molecule has 1 aliphatic carbocycles. The van der Waals surface area contributed by atoms with Crippen LogP contribution < -0.4 is 4.74 Å². The van der Waals surface area contributed by atoms with Crippen molar-refractivity contribution in [2.45, 2.75) is 39.2 Å². The Morgan fingerprint density at radius 2 is 2.16 bits per heavy atom. The summed E-state index contributed by atoms with van der Waals surface area (Å²) >= 11 is 0. The monoisotopic (exact) mass is 264 g/mol. The fourth-order valence-corrected chi connectivity index (χ4v) is 2.86. The lowest BCUT2D eigenvalue weighted by Gasteiger charge is -2.32. The average Bonchev–Trinajstić information content (AvgIpc) is 2.29. The molecule has 3 heteroatoms. The zero-order valence-electron chi connectivity index (χ0n) is 11.7. The second-order valence-electron chi connectivity index (χ2n) is 6.05. The van der Waals surface area contributed by atoms with Gasteiger partial charge < -0.3 is 9.84 Å². The van der Waals surface area contributed by atoms with E-state index in [0.29, 0.717) is 12.0 Å². The first-order chi connectivity index (χ1) is 8.91. The van der Waals surface area contributed by atoms with Gasteiger partial charge in [-0.1, -0.05) is 37.6 Å². The van der Waals surface area contributed by atoms with Crippen LogP contribution in [-0.4, -0.2) is 18.3 Å². The van der Waals surface area contributed by atoms with Gasteiger partial charge in [0.05, 0.1) is 13.2 Å². The Labute approximate surface area is 113 Å². The summed E-state index contributed by atoms with van der Waals surface area (Å²) < 4.78 is 19.1. The lowest BCUT2D eigenvalue weighted by atomic mass is 9.75. The molecule has 0 saturated carbocycles. The topological polar surface area (TPSA) is 29.5 Å². The van der Waals surface area contributed by atoms with Gasteiger partial charge in [-0.2, -0.15) is 0 Å². The Balaban J connectivity index is 2.22. The Hall–Kier alpha value is -1.35. The van der Waals surface area contributed by atoms with Gasteiger partial charge >= 0.3 is 0 Å². The molecule has 1 aromatic carbocycles. The third-order valence-corrected chi connectivity index (χ3v) is 3.58. The summed E-state index contributed by atoms with van der Waals surface area (Å²) in [5.74, 6) is -0.0301. The van der Waals surface area contributed by atoms with E-state index in [2.05, 4.69) is 13.8 Å². The van der Waals surface area contributed by atoms with Crippen molar-refractivity contribution in [1.82, 2.24) is 0 Å². The minimum Gasteiger partial charge on any atom is -0.494 e. The first kappa shape index (κ1) is 14.1.